The molecule has 0 spiro atoms. The van der Waals surface area contributed by atoms with Crippen LogP contribution in [0, 0.1) is 0 Å². The van der Waals surface area contributed by atoms with Gasteiger partial charge in [0.05, 0.1) is 11.3 Å². The third-order valence-electron chi connectivity index (χ3n) is 7.97. The lowest BCUT2D eigenvalue weighted by Gasteiger charge is -2.39. The van der Waals surface area contributed by atoms with Crippen molar-refractivity contribution >= 4 is 45.9 Å². The maximum absolute atomic E-state index is 7.14. The van der Waals surface area contributed by atoms with Crippen LogP contribution < -0.4 is 19.7 Å². The highest BCUT2D eigenvalue weighted by molar-refractivity contribution is 6.68. The number of anilines is 2. The Labute approximate surface area is 250 Å². The van der Waals surface area contributed by atoms with E-state index in [1.54, 1.807) is 0 Å². The number of fused-ring (bicyclic) bond motifs is 3. The molecule has 0 aromatic heterocycles. The van der Waals surface area contributed by atoms with Gasteiger partial charge in [-0.15, -0.1) is 0 Å². The molecule has 4 aromatic rings. The van der Waals surface area contributed by atoms with Crippen LogP contribution >= 0.6 is 23.2 Å². The number of alkyl halides is 1. The van der Waals surface area contributed by atoms with E-state index in [9.17, 15) is 0 Å². The molecule has 2 atom stereocenters. The summed E-state index contributed by atoms with van der Waals surface area (Å²) in [5.74, 6) is 1.25. The molecule has 41 heavy (non-hydrogen) atoms. The molecular formula is C34H29Cl2N3O2. The molecule has 2 unspecified atom stereocenters. The summed E-state index contributed by atoms with van der Waals surface area (Å²) in [6.07, 6.45) is 7.94. The second-order valence-corrected chi connectivity index (χ2v) is 11.4. The largest absolute Gasteiger partial charge is 0.473 e. The molecule has 3 aliphatic heterocycles. The maximum Gasteiger partial charge on any atom is 0.310 e. The Morgan fingerprint density at radius 1 is 0.805 bits per heavy atom. The predicted molar refractivity (Wildman–Crippen MR) is 167 cm³/mol. The van der Waals surface area contributed by atoms with Gasteiger partial charge in [0.25, 0.3) is 0 Å². The van der Waals surface area contributed by atoms with Crippen molar-refractivity contribution in [2.24, 2.45) is 4.99 Å². The molecule has 3 aliphatic rings. The minimum atomic E-state index is -1.58. The first-order chi connectivity index (χ1) is 20.0. The van der Waals surface area contributed by atoms with Crippen LogP contribution in [0.4, 0.5) is 11.4 Å². The van der Waals surface area contributed by atoms with Crippen LogP contribution in [0.1, 0.15) is 41.5 Å². The monoisotopic (exact) mass is 581 g/mol. The van der Waals surface area contributed by atoms with E-state index in [4.69, 9.17) is 32.7 Å². The first kappa shape index (κ1) is 26.0. The number of piperidine rings is 1. The fourth-order valence-corrected chi connectivity index (χ4v) is 6.62. The number of aliphatic imine (C=N–C) groups is 1. The smallest absolute Gasteiger partial charge is 0.310 e. The Morgan fingerprint density at radius 3 is 2.22 bits per heavy atom. The summed E-state index contributed by atoms with van der Waals surface area (Å²) < 4.78 is 13.2. The van der Waals surface area contributed by atoms with Gasteiger partial charge in [-0.2, -0.15) is 4.99 Å². The molecule has 0 bridgehead atoms. The highest BCUT2D eigenvalue weighted by Gasteiger charge is 2.44. The van der Waals surface area contributed by atoms with E-state index in [0.29, 0.717) is 22.7 Å². The van der Waals surface area contributed by atoms with Gasteiger partial charge < -0.3 is 19.7 Å². The molecule has 1 N–H and O–H groups in total. The lowest BCUT2D eigenvalue weighted by Crippen LogP contribution is -2.37. The number of amidine groups is 1. The zero-order chi connectivity index (χ0) is 27.9. The third-order valence-corrected chi connectivity index (χ3v) is 8.50. The number of hydrogen-bond acceptors (Lipinski definition) is 5. The molecule has 7 heteroatoms. The van der Waals surface area contributed by atoms with Crippen molar-refractivity contribution in [3.63, 3.8) is 0 Å². The van der Waals surface area contributed by atoms with Crippen molar-refractivity contribution in [3.05, 3.63) is 125 Å². The van der Waals surface area contributed by atoms with Gasteiger partial charge in [0.15, 0.2) is 5.60 Å². The minimum absolute atomic E-state index is 0.150. The van der Waals surface area contributed by atoms with E-state index in [1.165, 1.54) is 24.9 Å². The van der Waals surface area contributed by atoms with Gasteiger partial charge in [0, 0.05) is 35.5 Å². The lowest BCUT2D eigenvalue weighted by molar-refractivity contribution is 0.153. The molecule has 7 rings (SSSR count). The number of nitrogens with zero attached hydrogens (tertiary/aromatic N) is 2. The van der Waals surface area contributed by atoms with Crippen LogP contribution in [0.25, 0.3) is 6.08 Å². The SMILES string of the molecule is ClC1=NC(Cl)(Oc2ccccc2)c2c(ccc3c2C=CC(c2ccccc2)(c2ccc(N4CCCCC4)cc2)O3)N1. The molecule has 3 heterocycles. The number of nitrogens with one attached hydrogen (secondary N) is 1. The van der Waals surface area contributed by atoms with E-state index in [0.717, 1.165) is 29.8 Å². The Balaban J connectivity index is 1.32. The molecular weight excluding hydrogens is 553 g/mol. The van der Waals surface area contributed by atoms with E-state index in [1.807, 2.05) is 60.7 Å². The van der Waals surface area contributed by atoms with Crippen LogP contribution in [0.15, 0.2) is 108 Å². The van der Waals surface area contributed by atoms with Gasteiger partial charge in [0.1, 0.15) is 11.5 Å². The predicted octanol–water partition coefficient (Wildman–Crippen LogP) is 8.47. The molecule has 0 radical (unpaired) electrons. The number of hydrogen-bond donors (Lipinski definition) is 1. The van der Waals surface area contributed by atoms with Crippen LogP contribution in [0.2, 0.25) is 0 Å². The summed E-state index contributed by atoms with van der Waals surface area (Å²) in [5.41, 5.74) is 4.62. The Hall–Kier alpha value is -3.93. The summed E-state index contributed by atoms with van der Waals surface area (Å²) >= 11 is 13.5. The summed E-state index contributed by atoms with van der Waals surface area (Å²) in [7, 11) is 0. The van der Waals surface area contributed by atoms with Gasteiger partial charge in [-0.25, -0.2) is 0 Å². The third kappa shape index (κ3) is 4.73. The average molecular weight is 583 g/mol. The first-order valence-electron chi connectivity index (χ1n) is 14.0. The van der Waals surface area contributed by atoms with Gasteiger partial charge in [-0.1, -0.05) is 60.7 Å². The first-order valence-corrected chi connectivity index (χ1v) is 14.7. The van der Waals surface area contributed by atoms with Crippen molar-refractivity contribution in [1.29, 1.82) is 0 Å². The lowest BCUT2D eigenvalue weighted by atomic mass is 9.82. The Bertz CT molecular complexity index is 1620. The number of benzene rings is 4. The second kappa shape index (κ2) is 10.5. The molecule has 0 amide bonds. The molecule has 0 saturated carbocycles. The number of ether oxygens (including phenoxy) is 2. The molecule has 5 nitrogen and oxygen atoms in total. The summed E-state index contributed by atoms with van der Waals surface area (Å²) in [5, 5.41) is 1.70. The highest BCUT2D eigenvalue weighted by Crippen LogP contribution is 2.50. The maximum atomic E-state index is 7.14. The molecule has 1 fully saturated rings. The van der Waals surface area contributed by atoms with Crippen LogP contribution in [0.3, 0.4) is 0 Å². The molecule has 0 aliphatic carbocycles. The van der Waals surface area contributed by atoms with Crippen molar-refractivity contribution in [3.8, 4) is 11.5 Å². The van der Waals surface area contributed by atoms with Crippen molar-refractivity contribution < 1.29 is 9.47 Å². The number of para-hydroxylation sites is 1. The summed E-state index contributed by atoms with van der Waals surface area (Å²) in [6.45, 7) is 2.20. The van der Waals surface area contributed by atoms with Crippen LogP contribution in [-0.4, -0.2) is 18.4 Å². The van der Waals surface area contributed by atoms with E-state index in [2.05, 4.69) is 63.8 Å². The van der Waals surface area contributed by atoms with Gasteiger partial charge in [0.2, 0.25) is 5.29 Å². The zero-order valence-electron chi connectivity index (χ0n) is 22.4. The normalized spacial score (nSPS) is 23.0. The van der Waals surface area contributed by atoms with Gasteiger partial charge in [-0.05, 0) is 91.0 Å². The fraction of sp³-hybridized carbons (Fsp3) is 0.206. The average Bonchev–Trinajstić information content (AvgIpc) is 3.01. The second-order valence-electron chi connectivity index (χ2n) is 10.5. The van der Waals surface area contributed by atoms with Crippen molar-refractivity contribution in [2.75, 3.05) is 23.3 Å². The summed E-state index contributed by atoms with van der Waals surface area (Å²) in [4.78, 5) is 6.95. The zero-order valence-corrected chi connectivity index (χ0v) is 23.9. The molecule has 206 valence electrons. The van der Waals surface area contributed by atoms with E-state index in [-0.39, 0.29) is 5.29 Å². The van der Waals surface area contributed by atoms with E-state index >= 15 is 0 Å². The van der Waals surface area contributed by atoms with Crippen LogP contribution in [-0.2, 0) is 10.8 Å². The molecule has 4 aromatic carbocycles. The topological polar surface area (TPSA) is 46.1 Å². The summed E-state index contributed by atoms with van der Waals surface area (Å²) in [6, 6.07) is 32.3. The van der Waals surface area contributed by atoms with Crippen molar-refractivity contribution in [2.45, 2.75) is 30.0 Å². The van der Waals surface area contributed by atoms with E-state index < -0.39 is 10.8 Å². The number of rotatable bonds is 5. The minimum Gasteiger partial charge on any atom is -0.473 e. The van der Waals surface area contributed by atoms with Crippen molar-refractivity contribution in [1.82, 2.24) is 0 Å². The fourth-order valence-electron chi connectivity index (χ4n) is 5.97. The van der Waals surface area contributed by atoms with Gasteiger partial charge >= 0.3 is 5.18 Å². The Kier molecular flexibility index (Phi) is 6.64. The standard InChI is InChI=1S/C34H29Cl2N3O2/c35-32-37-29-18-19-30-28(31(29)34(36,38-32)40-27-12-6-2-7-13-27)20-21-33(41-30,24-10-4-1-5-11-24)25-14-16-26(17-15-25)39-22-8-3-9-23-39/h1-2,4-7,10-21H,3,8-9,22-23H2,(H,37,38). The number of halogens is 2. The quantitative estimate of drug-likeness (QED) is 0.189. The highest BCUT2D eigenvalue weighted by atomic mass is 35.5. The Morgan fingerprint density at radius 2 is 1.49 bits per heavy atom. The van der Waals surface area contributed by atoms with Gasteiger partial charge in [-0.3, -0.25) is 0 Å². The molecule has 1 saturated heterocycles. The van der Waals surface area contributed by atoms with Crippen LogP contribution in [0.5, 0.6) is 11.5 Å².